The number of amides is 2. The largest absolute Gasteiger partial charge is 0.488 e. The lowest BCUT2D eigenvalue weighted by Crippen LogP contribution is -2.42. The standard InChI is InChI=1S/C28H42N6O4/c1-9-29-27-30-16-22-25(31-27)32(7)13-14-34(26(22)36)20-11-10-12-21(15-20)38-23(19(2)3)17-33(8)24(35)18-37-28(4,5)6/h10-12,15-16,19,23H,9,13-14,17-18H2,1-8H3,(H,29,30,31). The van der Waals surface area contributed by atoms with Gasteiger partial charge in [-0.1, -0.05) is 19.9 Å². The Labute approximate surface area is 226 Å². The van der Waals surface area contributed by atoms with Crippen LogP contribution in [0.3, 0.4) is 0 Å². The number of rotatable bonds is 10. The number of nitrogens with zero attached hydrogens (tertiary/aromatic N) is 5. The number of benzene rings is 1. The van der Waals surface area contributed by atoms with Gasteiger partial charge in [0.15, 0.2) is 0 Å². The summed E-state index contributed by atoms with van der Waals surface area (Å²) in [6.07, 6.45) is 1.35. The Morgan fingerprint density at radius 1 is 1.24 bits per heavy atom. The second-order valence-electron chi connectivity index (χ2n) is 10.9. The van der Waals surface area contributed by atoms with Crippen molar-refractivity contribution in [2.24, 2.45) is 5.92 Å². The number of fused-ring (bicyclic) bond motifs is 1. The molecule has 2 aromatic rings. The second-order valence-corrected chi connectivity index (χ2v) is 10.9. The maximum absolute atomic E-state index is 13.5. The maximum Gasteiger partial charge on any atom is 0.263 e. The number of likely N-dealkylation sites (N-methyl/N-ethyl adjacent to an activating group) is 2. The van der Waals surface area contributed by atoms with Crippen molar-refractivity contribution in [3.05, 3.63) is 36.0 Å². The van der Waals surface area contributed by atoms with Crippen molar-refractivity contribution in [1.82, 2.24) is 14.9 Å². The van der Waals surface area contributed by atoms with Gasteiger partial charge in [-0.3, -0.25) is 9.59 Å². The summed E-state index contributed by atoms with van der Waals surface area (Å²) in [5, 5.41) is 3.10. The van der Waals surface area contributed by atoms with Crippen LogP contribution < -0.4 is 19.9 Å². The quantitative estimate of drug-likeness (QED) is 0.501. The number of hydrogen-bond acceptors (Lipinski definition) is 8. The second kappa shape index (κ2) is 12.4. The van der Waals surface area contributed by atoms with E-state index in [-0.39, 0.29) is 36.0 Å². The summed E-state index contributed by atoms with van der Waals surface area (Å²) in [4.78, 5) is 40.4. The van der Waals surface area contributed by atoms with E-state index >= 15 is 0 Å². The van der Waals surface area contributed by atoms with Gasteiger partial charge >= 0.3 is 0 Å². The maximum atomic E-state index is 13.5. The van der Waals surface area contributed by atoms with Gasteiger partial charge in [-0.2, -0.15) is 4.98 Å². The smallest absolute Gasteiger partial charge is 0.263 e. The van der Waals surface area contributed by atoms with Gasteiger partial charge in [0.2, 0.25) is 11.9 Å². The third kappa shape index (κ3) is 7.56. The summed E-state index contributed by atoms with van der Waals surface area (Å²) in [5.41, 5.74) is 0.803. The normalized spacial score (nSPS) is 14.7. The molecule has 1 aliphatic heterocycles. The first kappa shape index (κ1) is 29.2. The monoisotopic (exact) mass is 526 g/mol. The van der Waals surface area contributed by atoms with Gasteiger partial charge in [0.25, 0.3) is 5.91 Å². The molecule has 1 N–H and O–H groups in total. The van der Waals surface area contributed by atoms with Crippen LogP contribution in [-0.2, 0) is 9.53 Å². The van der Waals surface area contributed by atoms with Gasteiger partial charge in [-0.15, -0.1) is 0 Å². The molecule has 1 unspecified atom stereocenters. The van der Waals surface area contributed by atoms with Crippen LogP contribution in [0.2, 0.25) is 0 Å². The highest BCUT2D eigenvalue weighted by Crippen LogP contribution is 2.29. The molecule has 3 rings (SSSR count). The van der Waals surface area contributed by atoms with Gasteiger partial charge < -0.3 is 29.5 Å². The molecule has 0 bridgehead atoms. The molecule has 0 saturated carbocycles. The molecule has 0 radical (unpaired) electrons. The van der Waals surface area contributed by atoms with Crippen LogP contribution in [-0.4, -0.2) is 85.3 Å². The predicted molar refractivity (Wildman–Crippen MR) is 150 cm³/mol. The van der Waals surface area contributed by atoms with E-state index in [4.69, 9.17) is 9.47 Å². The average Bonchev–Trinajstić information content (AvgIpc) is 2.98. The van der Waals surface area contributed by atoms with Crippen molar-refractivity contribution in [3.8, 4) is 5.75 Å². The number of carbonyl (C=O) groups is 2. The van der Waals surface area contributed by atoms with E-state index in [1.54, 1.807) is 23.0 Å². The Balaban J connectivity index is 1.76. The molecule has 1 atom stereocenters. The molecule has 2 amide bonds. The zero-order valence-corrected chi connectivity index (χ0v) is 23.9. The van der Waals surface area contributed by atoms with Gasteiger partial charge in [-0.25, -0.2) is 4.98 Å². The van der Waals surface area contributed by atoms with E-state index in [9.17, 15) is 9.59 Å². The first-order chi connectivity index (χ1) is 17.9. The van der Waals surface area contributed by atoms with Gasteiger partial charge in [-0.05, 0) is 45.7 Å². The Hall–Kier alpha value is -3.40. The third-order valence-electron chi connectivity index (χ3n) is 6.27. The Kier molecular flexibility index (Phi) is 9.54. The molecule has 0 aliphatic carbocycles. The number of hydrogen-bond donors (Lipinski definition) is 1. The predicted octanol–water partition coefficient (Wildman–Crippen LogP) is 3.68. The number of ether oxygens (including phenoxy) is 2. The summed E-state index contributed by atoms with van der Waals surface area (Å²) < 4.78 is 12.0. The van der Waals surface area contributed by atoms with Crippen LogP contribution in [0.4, 0.5) is 17.5 Å². The van der Waals surface area contributed by atoms with Crippen molar-refractivity contribution < 1.29 is 19.1 Å². The number of anilines is 3. The van der Waals surface area contributed by atoms with E-state index in [1.165, 1.54) is 0 Å². The van der Waals surface area contributed by atoms with E-state index in [1.807, 2.05) is 63.9 Å². The fourth-order valence-corrected chi connectivity index (χ4v) is 3.95. The Morgan fingerprint density at radius 3 is 2.63 bits per heavy atom. The van der Waals surface area contributed by atoms with E-state index in [0.29, 0.717) is 49.3 Å². The fourth-order valence-electron chi connectivity index (χ4n) is 3.95. The molecule has 1 aromatic heterocycles. The third-order valence-corrected chi connectivity index (χ3v) is 6.27. The zero-order valence-electron chi connectivity index (χ0n) is 23.9. The topological polar surface area (TPSA) is 100 Å². The summed E-state index contributed by atoms with van der Waals surface area (Å²) in [6.45, 7) is 14.1. The first-order valence-corrected chi connectivity index (χ1v) is 13.2. The molecule has 0 saturated heterocycles. The summed E-state index contributed by atoms with van der Waals surface area (Å²) in [6, 6.07) is 7.52. The van der Waals surface area contributed by atoms with Crippen LogP contribution >= 0.6 is 0 Å². The number of carbonyl (C=O) groups excluding carboxylic acids is 2. The van der Waals surface area contributed by atoms with E-state index < -0.39 is 0 Å². The molecule has 208 valence electrons. The Morgan fingerprint density at radius 2 is 1.97 bits per heavy atom. The van der Waals surface area contributed by atoms with E-state index in [0.717, 1.165) is 5.69 Å². The summed E-state index contributed by atoms with van der Waals surface area (Å²) in [5.74, 6) is 1.65. The lowest BCUT2D eigenvalue weighted by atomic mass is 10.1. The minimum Gasteiger partial charge on any atom is -0.488 e. The summed E-state index contributed by atoms with van der Waals surface area (Å²) >= 11 is 0. The lowest BCUT2D eigenvalue weighted by molar-refractivity contribution is -0.141. The zero-order chi connectivity index (χ0) is 28.0. The minimum absolute atomic E-state index is 0.0208. The van der Waals surface area contributed by atoms with Crippen molar-refractivity contribution in [3.63, 3.8) is 0 Å². The molecule has 2 heterocycles. The molecular formula is C28H42N6O4. The molecular weight excluding hydrogens is 484 g/mol. The highest BCUT2D eigenvalue weighted by molar-refractivity contribution is 6.09. The molecule has 38 heavy (non-hydrogen) atoms. The molecule has 10 heteroatoms. The van der Waals surface area contributed by atoms with Gasteiger partial charge in [0.1, 0.15) is 29.8 Å². The van der Waals surface area contributed by atoms with Crippen LogP contribution in [0.15, 0.2) is 30.5 Å². The lowest BCUT2D eigenvalue weighted by Gasteiger charge is -2.29. The van der Waals surface area contributed by atoms with E-state index in [2.05, 4.69) is 29.1 Å². The van der Waals surface area contributed by atoms with Crippen LogP contribution in [0.25, 0.3) is 0 Å². The Bertz CT molecular complexity index is 1120. The molecule has 1 aromatic carbocycles. The highest BCUT2D eigenvalue weighted by atomic mass is 16.5. The first-order valence-electron chi connectivity index (χ1n) is 13.2. The average molecular weight is 527 g/mol. The van der Waals surface area contributed by atoms with Crippen molar-refractivity contribution in [2.45, 2.75) is 53.2 Å². The molecule has 0 fully saturated rings. The van der Waals surface area contributed by atoms with Gasteiger partial charge in [0.05, 0.1) is 12.1 Å². The minimum atomic E-state index is -0.383. The van der Waals surface area contributed by atoms with Crippen LogP contribution in [0, 0.1) is 5.92 Å². The highest BCUT2D eigenvalue weighted by Gasteiger charge is 2.29. The summed E-state index contributed by atoms with van der Waals surface area (Å²) in [7, 11) is 3.69. The molecule has 1 aliphatic rings. The SMILES string of the molecule is CCNc1ncc2c(n1)N(C)CCN(c1cccc(OC(CN(C)C(=O)COC(C)(C)C)C(C)C)c1)C2=O. The van der Waals surface area contributed by atoms with Crippen LogP contribution in [0.5, 0.6) is 5.75 Å². The van der Waals surface area contributed by atoms with Crippen LogP contribution in [0.1, 0.15) is 51.9 Å². The van der Waals surface area contributed by atoms with Crippen molar-refractivity contribution in [2.75, 3.05) is 62.0 Å². The molecule has 0 spiro atoms. The number of aromatic nitrogens is 2. The number of nitrogens with one attached hydrogen (secondary N) is 1. The van der Waals surface area contributed by atoms with Crippen molar-refractivity contribution >= 4 is 29.3 Å². The molecule has 10 nitrogen and oxygen atoms in total. The fraction of sp³-hybridized carbons (Fsp3) is 0.571. The van der Waals surface area contributed by atoms with Gasteiger partial charge in [0, 0.05) is 51.7 Å². The van der Waals surface area contributed by atoms with Crippen molar-refractivity contribution in [1.29, 1.82) is 0 Å².